The smallest absolute Gasteiger partial charge is 0.504 e. The molecule has 6 rings (SSSR count). The van der Waals surface area contributed by atoms with Crippen molar-refractivity contribution in [2.45, 2.75) is 0 Å². The Morgan fingerprint density at radius 2 is 1.28 bits per heavy atom. The molecule has 3 heteroatoms. The van der Waals surface area contributed by atoms with Crippen molar-refractivity contribution in [3.63, 3.8) is 0 Å². The Bertz CT molecular complexity index is 1390. The number of fused-ring (bicyclic) bond motifs is 4. The summed E-state index contributed by atoms with van der Waals surface area (Å²) in [5.74, 6) is 0.677. The molecule has 0 unspecified atom stereocenters. The van der Waals surface area contributed by atoms with Gasteiger partial charge in [-0.3, -0.25) is 0 Å². The standard InChI is InChI=1S/C26H17BO2/c28-27-29-19-11-10-16-14-18(9-8-17(16)15-19)20-12-13-25-22-5-2-1-4-21(22)24-7-3-6-23(20)26(24)25/h1-15,27-28H. The Hall–Kier alpha value is -3.56. The van der Waals surface area contributed by atoms with Crippen LogP contribution >= 0.6 is 0 Å². The van der Waals surface area contributed by atoms with Crippen LogP contribution < -0.4 is 4.65 Å². The number of hydrogen-bond donors (Lipinski definition) is 1. The fraction of sp³-hybridized carbons (Fsp3) is 0. The third kappa shape index (κ3) is 2.41. The summed E-state index contributed by atoms with van der Waals surface area (Å²) < 4.78 is 5.21. The topological polar surface area (TPSA) is 29.5 Å². The van der Waals surface area contributed by atoms with Gasteiger partial charge in [0.05, 0.1) is 0 Å². The van der Waals surface area contributed by atoms with Gasteiger partial charge in [0.15, 0.2) is 0 Å². The molecule has 0 heterocycles. The minimum Gasteiger partial charge on any atom is -0.539 e. The van der Waals surface area contributed by atoms with Crippen LogP contribution in [0.5, 0.6) is 5.75 Å². The van der Waals surface area contributed by atoms with E-state index >= 15 is 0 Å². The molecule has 0 spiro atoms. The molecule has 0 radical (unpaired) electrons. The largest absolute Gasteiger partial charge is 0.539 e. The van der Waals surface area contributed by atoms with Gasteiger partial charge in [-0.2, -0.15) is 0 Å². The van der Waals surface area contributed by atoms with E-state index in [1.54, 1.807) is 0 Å². The van der Waals surface area contributed by atoms with Gasteiger partial charge in [0.25, 0.3) is 0 Å². The van der Waals surface area contributed by atoms with Crippen LogP contribution in [-0.4, -0.2) is 12.7 Å². The lowest BCUT2D eigenvalue weighted by molar-refractivity contribution is 0.454. The van der Waals surface area contributed by atoms with Crippen molar-refractivity contribution in [3.8, 4) is 39.1 Å². The van der Waals surface area contributed by atoms with Crippen LogP contribution in [0.1, 0.15) is 0 Å². The summed E-state index contributed by atoms with van der Waals surface area (Å²) in [6.45, 7) is 0. The van der Waals surface area contributed by atoms with E-state index in [2.05, 4.69) is 72.8 Å². The first-order valence-electron chi connectivity index (χ1n) is 9.77. The molecule has 0 atom stereocenters. The van der Waals surface area contributed by atoms with Gasteiger partial charge in [-0.05, 0) is 73.1 Å². The lowest BCUT2D eigenvalue weighted by Crippen LogP contribution is -1.99. The Morgan fingerprint density at radius 1 is 0.586 bits per heavy atom. The summed E-state index contributed by atoms with van der Waals surface area (Å²) in [5, 5.41) is 13.9. The second-order valence-corrected chi connectivity index (χ2v) is 7.43. The van der Waals surface area contributed by atoms with Gasteiger partial charge in [-0.15, -0.1) is 0 Å². The van der Waals surface area contributed by atoms with Crippen LogP contribution in [0.15, 0.2) is 91.0 Å². The summed E-state index contributed by atoms with van der Waals surface area (Å²) in [4.78, 5) is 0. The highest BCUT2D eigenvalue weighted by molar-refractivity contribution is 6.19. The SMILES string of the molecule is OBOc1ccc2cc(-c3ccc4c5c(cccc35)-c3ccccc3-4)ccc2c1. The van der Waals surface area contributed by atoms with E-state index in [0.717, 1.165) is 10.8 Å². The van der Waals surface area contributed by atoms with Crippen LogP contribution in [0.2, 0.25) is 0 Å². The third-order valence-electron chi connectivity index (χ3n) is 5.90. The van der Waals surface area contributed by atoms with Crippen molar-refractivity contribution in [2.24, 2.45) is 0 Å². The van der Waals surface area contributed by atoms with E-state index in [-0.39, 0.29) is 7.69 Å². The van der Waals surface area contributed by atoms with Crippen molar-refractivity contribution in [3.05, 3.63) is 91.0 Å². The van der Waals surface area contributed by atoms with Gasteiger partial charge in [0, 0.05) is 0 Å². The van der Waals surface area contributed by atoms with Gasteiger partial charge in [0.2, 0.25) is 0 Å². The Morgan fingerprint density at radius 3 is 2.10 bits per heavy atom. The zero-order valence-electron chi connectivity index (χ0n) is 15.7. The van der Waals surface area contributed by atoms with Crippen LogP contribution in [0.4, 0.5) is 0 Å². The van der Waals surface area contributed by atoms with Crippen LogP contribution in [0.25, 0.3) is 54.9 Å². The molecule has 136 valence electrons. The summed E-state index contributed by atoms with van der Waals surface area (Å²) in [6, 6.07) is 32.2. The summed E-state index contributed by atoms with van der Waals surface area (Å²) in [5.41, 5.74) is 7.73. The molecular weight excluding hydrogens is 355 g/mol. The zero-order chi connectivity index (χ0) is 19.4. The maximum atomic E-state index is 8.98. The summed E-state index contributed by atoms with van der Waals surface area (Å²) >= 11 is 0. The molecule has 0 amide bonds. The van der Waals surface area contributed by atoms with Crippen molar-refractivity contribution < 1.29 is 9.68 Å². The number of hydrogen-bond acceptors (Lipinski definition) is 2. The highest BCUT2D eigenvalue weighted by Crippen LogP contribution is 2.49. The van der Waals surface area contributed by atoms with Gasteiger partial charge in [-0.25, -0.2) is 0 Å². The van der Waals surface area contributed by atoms with Crippen LogP contribution in [-0.2, 0) is 0 Å². The predicted molar refractivity (Wildman–Crippen MR) is 121 cm³/mol. The normalized spacial score (nSPS) is 11.6. The molecule has 0 bridgehead atoms. The third-order valence-corrected chi connectivity index (χ3v) is 5.90. The van der Waals surface area contributed by atoms with Crippen LogP contribution in [0.3, 0.4) is 0 Å². The zero-order valence-corrected chi connectivity index (χ0v) is 15.7. The van der Waals surface area contributed by atoms with Crippen molar-refractivity contribution in [1.29, 1.82) is 0 Å². The van der Waals surface area contributed by atoms with Crippen molar-refractivity contribution >= 4 is 29.2 Å². The predicted octanol–water partition coefficient (Wildman–Crippen LogP) is 5.95. The van der Waals surface area contributed by atoms with E-state index in [4.69, 9.17) is 9.68 Å². The van der Waals surface area contributed by atoms with Gasteiger partial charge < -0.3 is 9.68 Å². The molecule has 0 saturated heterocycles. The minimum atomic E-state index is -0.313. The maximum Gasteiger partial charge on any atom is 0.504 e. The van der Waals surface area contributed by atoms with Crippen molar-refractivity contribution in [2.75, 3.05) is 0 Å². The van der Waals surface area contributed by atoms with E-state index in [0.29, 0.717) is 5.75 Å². The van der Waals surface area contributed by atoms with Gasteiger partial charge >= 0.3 is 7.69 Å². The molecule has 5 aromatic carbocycles. The molecular formula is C26H17BO2. The second-order valence-electron chi connectivity index (χ2n) is 7.43. The lowest BCUT2D eigenvalue weighted by Gasteiger charge is -2.11. The number of rotatable bonds is 3. The van der Waals surface area contributed by atoms with E-state index < -0.39 is 0 Å². The molecule has 5 aromatic rings. The molecule has 2 nitrogen and oxygen atoms in total. The molecule has 29 heavy (non-hydrogen) atoms. The lowest BCUT2D eigenvalue weighted by atomic mass is 9.93. The molecule has 1 aliphatic rings. The first kappa shape index (κ1) is 16.4. The highest BCUT2D eigenvalue weighted by Gasteiger charge is 2.22. The summed E-state index contributed by atoms with van der Waals surface area (Å²) in [7, 11) is -0.313. The molecule has 0 saturated carbocycles. The fourth-order valence-electron chi connectivity index (χ4n) is 4.62. The monoisotopic (exact) mass is 372 g/mol. The quantitative estimate of drug-likeness (QED) is 0.389. The highest BCUT2D eigenvalue weighted by atomic mass is 16.5. The Kier molecular flexibility index (Phi) is 3.52. The fourth-order valence-corrected chi connectivity index (χ4v) is 4.62. The van der Waals surface area contributed by atoms with E-state index in [1.165, 1.54) is 44.2 Å². The van der Waals surface area contributed by atoms with E-state index in [9.17, 15) is 0 Å². The minimum absolute atomic E-state index is 0.313. The average Bonchev–Trinajstić information content (AvgIpc) is 3.10. The first-order valence-corrected chi connectivity index (χ1v) is 9.77. The molecule has 1 N–H and O–H groups in total. The molecule has 0 aromatic heterocycles. The van der Waals surface area contributed by atoms with E-state index in [1.807, 2.05) is 18.2 Å². The Balaban J connectivity index is 1.56. The molecule has 0 fully saturated rings. The first-order chi connectivity index (χ1) is 14.3. The molecule has 0 aliphatic heterocycles. The van der Waals surface area contributed by atoms with Gasteiger partial charge in [0.1, 0.15) is 5.75 Å². The van der Waals surface area contributed by atoms with Gasteiger partial charge in [-0.1, -0.05) is 72.8 Å². The number of benzene rings is 5. The maximum absolute atomic E-state index is 8.98. The second kappa shape index (κ2) is 6.23. The average molecular weight is 372 g/mol. The Labute approximate surface area is 169 Å². The molecule has 1 aliphatic carbocycles. The van der Waals surface area contributed by atoms with Crippen LogP contribution in [0, 0.1) is 0 Å². The summed E-state index contributed by atoms with van der Waals surface area (Å²) in [6.07, 6.45) is 0. The van der Waals surface area contributed by atoms with Crippen molar-refractivity contribution in [1.82, 2.24) is 0 Å².